The average molecular weight is 203 g/mol. The van der Waals surface area contributed by atoms with E-state index in [1.165, 1.54) is 38.0 Å². The Morgan fingerprint density at radius 3 is 2.47 bits per heavy atom. The second-order valence-corrected chi connectivity index (χ2v) is 4.39. The van der Waals surface area contributed by atoms with Crippen molar-refractivity contribution in [2.24, 2.45) is 0 Å². The lowest BCUT2D eigenvalue weighted by Crippen LogP contribution is -2.25. The molecule has 0 spiro atoms. The molecule has 1 heteroatoms. The second kappa shape index (κ2) is 4.80. The topological polar surface area (TPSA) is 3.24 Å². The van der Waals surface area contributed by atoms with Crippen molar-refractivity contribution in [2.75, 3.05) is 19.6 Å². The third-order valence-corrected chi connectivity index (χ3v) is 3.52. The third kappa shape index (κ3) is 2.40. The van der Waals surface area contributed by atoms with Gasteiger partial charge in [-0.2, -0.15) is 0 Å². The van der Waals surface area contributed by atoms with Gasteiger partial charge in [0.2, 0.25) is 0 Å². The van der Waals surface area contributed by atoms with E-state index in [1.807, 2.05) is 0 Å². The summed E-state index contributed by atoms with van der Waals surface area (Å²) < 4.78 is 0. The molecule has 0 radical (unpaired) electrons. The van der Waals surface area contributed by atoms with Crippen molar-refractivity contribution in [3.05, 3.63) is 34.9 Å². The molecule has 0 N–H and O–H groups in total. The number of benzene rings is 1. The van der Waals surface area contributed by atoms with Gasteiger partial charge in [-0.3, -0.25) is 0 Å². The van der Waals surface area contributed by atoms with Crippen LogP contribution in [0.2, 0.25) is 0 Å². The second-order valence-electron chi connectivity index (χ2n) is 4.39. The zero-order valence-corrected chi connectivity index (χ0v) is 9.92. The van der Waals surface area contributed by atoms with Gasteiger partial charge in [0.1, 0.15) is 0 Å². The molecule has 0 aromatic heterocycles. The minimum atomic E-state index is 1.16. The maximum Gasteiger partial charge on any atom is 0.00219 e. The number of hydrogen-bond acceptors (Lipinski definition) is 1. The highest BCUT2D eigenvalue weighted by atomic mass is 15.1. The molecule has 0 aliphatic carbocycles. The lowest BCUT2D eigenvalue weighted by Gasteiger charge is -2.16. The molecule has 0 bridgehead atoms. The Hall–Kier alpha value is -0.820. The van der Waals surface area contributed by atoms with E-state index in [-0.39, 0.29) is 0 Å². The van der Waals surface area contributed by atoms with E-state index in [9.17, 15) is 0 Å². The van der Waals surface area contributed by atoms with Gasteiger partial charge in [0.05, 0.1) is 0 Å². The van der Waals surface area contributed by atoms with Crippen molar-refractivity contribution in [2.45, 2.75) is 33.1 Å². The van der Waals surface area contributed by atoms with Crippen LogP contribution in [0.5, 0.6) is 0 Å². The van der Waals surface area contributed by atoms with Crippen LogP contribution in [0.3, 0.4) is 0 Å². The van der Waals surface area contributed by atoms with E-state index in [2.05, 4.69) is 36.9 Å². The highest BCUT2D eigenvalue weighted by molar-refractivity contribution is 5.33. The predicted molar refractivity (Wildman–Crippen MR) is 65.3 cm³/mol. The average Bonchev–Trinajstić information content (AvgIpc) is 2.50. The van der Waals surface area contributed by atoms with Crippen molar-refractivity contribution >= 4 is 0 Å². The van der Waals surface area contributed by atoms with Crippen molar-refractivity contribution in [3.63, 3.8) is 0 Å². The molecular formula is C14H21N. The summed E-state index contributed by atoms with van der Waals surface area (Å²) in [7, 11) is 0. The monoisotopic (exact) mass is 203 g/mol. The smallest absolute Gasteiger partial charge is 0.00219 e. The Kier molecular flexibility index (Phi) is 3.42. The Morgan fingerprint density at radius 2 is 1.80 bits per heavy atom. The number of aryl methyl sites for hydroxylation is 1. The van der Waals surface area contributed by atoms with Gasteiger partial charge in [-0.15, -0.1) is 0 Å². The molecule has 2 rings (SSSR count). The fraction of sp³-hybridized carbons (Fsp3) is 0.571. The van der Waals surface area contributed by atoms with Gasteiger partial charge in [0.15, 0.2) is 0 Å². The molecule has 82 valence electrons. The van der Waals surface area contributed by atoms with Gasteiger partial charge in [-0.05, 0) is 42.5 Å². The molecule has 0 fully saturated rings. The number of fused-ring (bicyclic) bond motifs is 1. The van der Waals surface area contributed by atoms with E-state index in [4.69, 9.17) is 0 Å². The van der Waals surface area contributed by atoms with Crippen LogP contribution in [0.4, 0.5) is 0 Å². The Labute approximate surface area is 93.1 Å². The molecule has 0 atom stereocenters. The summed E-state index contributed by atoms with van der Waals surface area (Å²) in [5.74, 6) is 0. The van der Waals surface area contributed by atoms with E-state index >= 15 is 0 Å². The standard InChI is InChI=1S/C14H21N/c1-3-12-5-6-13-7-9-15(4-2)10-8-14(13)11-12/h5-6,11H,3-4,7-10H2,1-2H3. The molecule has 1 aliphatic rings. The van der Waals surface area contributed by atoms with Crippen LogP contribution in [0, 0.1) is 0 Å². The van der Waals surface area contributed by atoms with Crippen LogP contribution in [0.1, 0.15) is 30.5 Å². The summed E-state index contributed by atoms with van der Waals surface area (Å²) in [4.78, 5) is 2.55. The van der Waals surface area contributed by atoms with Gasteiger partial charge in [0.25, 0.3) is 0 Å². The Morgan fingerprint density at radius 1 is 1.07 bits per heavy atom. The summed E-state index contributed by atoms with van der Waals surface area (Å²) >= 11 is 0. The van der Waals surface area contributed by atoms with Crippen molar-refractivity contribution in [1.82, 2.24) is 4.90 Å². The lowest BCUT2D eigenvalue weighted by atomic mass is 9.99. The van der Waals surface area contributed by atoms with Crippen molar-refractivity contribution < 1.29 is 0 Å². The normalized spacial score (nSPS) is 17.2. The third-order valence-electron chi connectivity index (χ3n) is 3.52. The number of nitrogens with zero attached hydrogens (tertiary/aromatic N) is 1. The number of hydrogen-bond donors (Lipinski definition) is 0. The van der Waals surface area contributed by atoms with Gasteiger partial charge < -0.3 is 4.90 Å². The molecule has 0 amide bonds. The predicted octanol–water partition coefficient (Wildman–Crippen LogP) is 2.67. The first-order valence-corrected chi connectivity index (χ1v) is 6.16. The van der Waals surface area contributed by atoms with Crippen LogP contribution >= 0.6 is 0 Å². The molecule has 0 unspecified atom stereocenters. The largest absolute Gasteiger partial charge is 0.303 e. The minimum absolute atomic E-state index is 1.16. The van der Waals surface area contributed by atoms with Crippen LogP contribution in [-0.4, -0.2) is 24.5 Å². The minimum Gasteiger partial charge on any atom is -0.303 e. The SMILES string of the molecule is CCc1ccc2c(c1)CCN(CC)CC2. The first-order valence-electron chi connectivity index (χ1n) is 6.16. The van der Waals surface area contributed by atoms with Gasteiger partial charge >= 0.3 is 0 Å². The van der Waals surface area contributed by atoms with E-state index in [0.29, 0.717) is 0 Å². The molecule has 1 nitrogen and oxygen atoms in total. The van der Waals surface area contributed by atoms with E-state index in [0.717, 1.165) is 6.42 Å². The quantitative estimate of drug-likeness (QED) is 0.714. The summed E-state index contributed by atoms with van der Waals surface area (Å²) in [6, 6.07) is 7.04. The number of rotatable bonds is 2. The summed E-state index contributed by atoms with van der Waals surface area (Å²) in [5.41, 5.74) is 4.65. The van der Waals surface area contributed by atoms with Gasteiger partial charge in [-0.25, -0.2) is 0 Å². The fourth-order valence-corrected chi connectivity index (χ4v) is 2.36. The fourth-order valence-electron chi connectivity index (χ4n) is 2.36. The van der Waals surface area contributed by atoms with Crippen LogP contribution in [0.25, 0.3) is 0 Å². The molecule has 1 aromatic carbocycles. The van der Waals surface area contributed by atoms with Crippen molar-refractivity contribution in [3.8, 4) is 0 Å². The summed E-state index contributed by atoms with van der Waals surface area (Å²) in [5, 5.41) is 0. The van der Waals surface area contributed by atoms with Gasteiger partial charge in [-0.1, -0.05) is 32.0 Å². The van der Waals surface area contributed by atoms with E-state index < -0.39 is 0 Å². The molecule has 1 heterocycles. The molecule has 15 heavy (non-hydrogen) atoms. The first kappa shape index (κ1) is 10.7. The summed E-state index contributed by atoms with van der Waals surface area (Å²) in [6.45, 7) is 8.14. The first-order chi connectivity index (χ1) is 7.33. The zero-order valence-electron chi connectivity index (χ0n) is 9.92. The highest BCUT2D eigenvalue weighted by Gasteiger charge is 2.12. The Bertz CT molecular complexity index is 330. The lowest BCUT2D eigenvalue weighted by molar-refractivity contribution is 0.303. The highest BCUT2D eigenvalue weighted by Crippen LogP contribution is 2.18. The van der Waals surface area contributed by atoms with Gasteiger partial charge in [0, 0.05) is 13.1 Å². The van der Waals surface area contributed by atoms with Crippen LogP contribution < -0.4 is 0 Å². The van der Waals surface area contributed by atoms with Crippen LogP contribution in [0.15, 0.2) is 18.2 Å². The zero-order chi connectivity index (χ0) is 10.7. The van der Waals surface area contributed by atoms with E-state index in [1.54, 1.807) is 11.1 Å². The Balaban J connectivity index is 2.20. The molecule has 0 saturated heterocycles. The maximum absolute atomic E-state index is 2.55. The van der Waals surface area contributed by atoms with Crippen molar-refractivity contribution in [1.29, 1.82) is 0 Å². The number of likely N-dealkylation sites (N-methyl/N-ethyl adjacent to an activating group) is 1. The van der Waals surface area contributed by atoms with Crippen LogP contribution in [-0.2, 0) is 19.3 Å². The molecule has 1 aromatic rings. The summed E-state index contributed by atoms with van der Waals surface area (Å²) in [6.07, 6.45) is 3.62. The maximum atomic E-state index is 2.55. The molecular weight excluding hydrogens is 182 g/mol. The molecule has 1 aliphatic heterocycles. The molecule has 0 saturated carbocycles.